The molecule has 116 valence electrons. The average Bonchev–Trinajstić information content (AvgIpc) is 2.95. The van der Waals surface area contributed by atoms with Gasteiger partial charge in [0.2, 0.25) is 0 Å². The number of aromatic nitrogens is 4. The molecule has 1 N–H and O–H groups in total. The van der Waals surface area contributed by atoms with Crippen molar-refractivity contribution in [1.29, 1.82) is 0 Å². The third kappa shape index (κ3) is 3.73. The van der Waals surface area contributed by atoms with Crippen LogP contribution in [-0.2, 0) is 26.9 Å². The van der Waals surface area contributed by atoms with E-state index in [1.165, 1.54) is 17.0 Å². The second-order valence-electron chi connectivity index (χ2n) is 5.72. The summed E-state index contributed by atoms with van der Waals surface area (Å²) in [5.41, 5.74) is 5.10. The lowest BCUT2D eigenvalue weighted by molar-refractivity contribution is 0.482. The van der Waals surface area contributed by atoms with Gasteiger partial charge in [-0.2, -0.15) is 10.2 Å². The number of nitrogens with one attached hydrogen (secondary N) is 1. The molecule has 2 heterocycles. The van der Waals surface area contributed by atoms with Crippen LogP contribution in [0.4, 0.5) is 0 Å². The van der Waals surface area contributed by atoms with Gasteiger partial charge in [0, 0.05) is 37.7 Å². The summed E-state index contributed by atoms with van der Waals surface area (Å²) in [6.45, 7) is 7.42. The van der Waals surface area contributed by atoms with Crippen LogP contribution in [-0.4, -0.2) is 32.1 Å². The van der Waals surface area contributed by atoms with Crippen molar-refractivity contribution in [3.05, 3.63) is 34.9 Å². The molecule has 0 bridgehead atoms. The zero-order valence-corrected chi connectivity index (χ0v) is 13.8. The molecule has 2 rings (SSSR count). The minimum atomic E-state index is 0.478. The molecular formula is C16H27N5. The van der Waals surface area contributed by atoms with Gasteiger partial charge in [0.25, 0.3) is 0 Å². The predicted molar refractivity (Wildman–Crippen MR) is 85.4 cm³/mol. The molecule has 0 aliphatic heterocycles. The Kier molecular flexibility index (Phi) is 5.17. The Bertz CT molecular complexity index is 582. The van der Waals surface area contributed by atoms with Crippen LogP contribution >= 0.6 is 0 Å². The van der Waals surface area contributed by atoms with Gasteiger partial charge < -0.3 is 5.32 Å². The van der Waals surface area contributed by atoms with E-state index in [1.54, 1.807) is 0 Å². The first-order valence-corrected chi connectivity index (χ1v) is 7.72. The molecule has 0 aliphatic rings. The highest BCUT2D eigenvalue weighted by Crippen LogP contribution is 2.16. The molecule has 5 nitrogen and oxygen atoms in total. The molecule has 0 saturated heterocycles. The first kappa shape index (κ1) is 15.8. The van der Waals surface area contributed by atoms with Crippen molar-refractivity contribution >= 4 is 0 Å². The molecule has 0 radical (unpaired) electrons. The number of aryl methyl sites for hydroxylation is 4. The molecule has 0 amide bonds. The molecule has 1 atom stereocenters. The van der Waals surface area contributed by atoms with Crippen LogP contribution < -0.4 is 5.32 Å². The second-order valence-corrected chi connectivity index (χ2v) is 5.72. The summed E-state index contributed by atoms with van der Waals surface area (Å²) >= 11 is 0. The van der Waals surface area contributed by atoms with Crippen LogP contribution in [0, 0.1) is 13.8 Å². The summed E-state index contributed by atoms with van der Waals surface area (Å²) in [5, 5.41) is 12.4. The van der Waals surface area contributed by atoms with Gasteiger partial charge in [0.15, 0.2) is 0 Å². The van der Waals surface area contributed by atoms with Crippen molar-refractivity contribution in [3.8, 4) is 0 Å². The Morgan fingerprint density at radius 2 is 2.00 bits per heavy atom. The molecule has 1 unspecified atom stereocenters. The summed E-state index contributed by atoms with van der Waals surface area (Å²) in [6.07, 6.45) is 5.07. The number of nitrogens with zero attached hydrogens (tertiary/aromatic N) is 4. The molecule has 2 aromatic rings. The fraction of sp³-hybridized carbons (Fsp3) is 0.625. The third-order valence-electron chi connectivity index (χ3n) is 4.27. The lowest BCUT2D eigenvalue weighted by atomic mass is 9.99. The SMILES string of the molecule is CCNC(CCc1ccnn1C)Cc1c(C)nn(C)c1C. The molecule has 0 aromatic carbocycles. The van der Waals surface area contributed by atoms with Crippen LogP contribution in [0.15, 0.2) is 12.3 Å². The largest absolute Gasteiger partial charge is 0.314 e. The number of hydrogen-bond donors (Lipinski definition) is 1. The average molecular weight is 289 g/mol. The second kappa shape index (κ2) is 6.89. The summed E-state index contributed by atoms with van der Waals surface area (Å²) in [7, 11) is 4.02. The van der Waals surface area contributed by atoms with E-state index >= 15 is 0 Å². The quantitative estimate of drug-likeness (QED) is 0.847. The smallest absolute Gasteiger partial charge is 0.0628 e. The van der Waals surface area contributed by atoms with Gasteiger partial charge in [0.05, 0.1) is 5.69 Å². The highest BCUT2D eigenvalue weighted by Gasteiger charge is 2.16. The number of likely N-dealkylation sites (N-methyl/N-ethyl adjacent to an activating group) is 1. The summed E-state index contributed by atoms with van der Waals surface area (Å²) < 4.78 is 3.94. The fourth-order valence-electron chi connectivity index (χ4n) is 2.89. The Morgan fingerprint density at radius 1 is 1.24 bits per heavy atom. The maximum absolute atomic E-state index is 4.52. The Hall–Kier alpha value is -1.62. The van der Waals surface area contributed by atoms with Gasteiger partial charge in [-0.25, -0.2) is 0 Å². The van der Waals surface area contributed by atoms with Crippen LogP contribution in [0.3, 0.4) is 0 Å². The molecule has 2 aromatic heterocycles. The van der Waals surface area contributed by atoms with Crippen LogP contribution in [0.1, 0.15) is 36.0 Å². The first-order valence-electron chi connectivity index (χ1n) is 7.72. The first-order chi connectivity index (χ1) is 10.0. The van der Waals surface area contributed by atoms with Gasteiger partial charge in [-0.15, -0.1) is 0 Å². The monoisotopic (exact) mass is 289 g/mol. The topological polar surface area (TPSA) is 47.7 Å². The van der Waals surface area contributed by atoms with Gasteiger partial charge in [-0.1, -0.05) is 6.92 Å². The number of rotatable bonds is 7. The lowest BCUT2D eigenvalue weighted by Crippen LogP contribution is -2.32. The van der Waals surface area contributed by atoms with E-state index in [2.05, 4.69) is 42.4 Å². The minimum Gasteiger partial charge on any atom is -0.314 e. The standard InChI is InChI=1S/C16H27N5/c1-6-17-14(7-8-15-9-10-18-21(15)5)11-16-12(2)19-20(4)13(16)3/h9-10,14,17H,6-8,11H2,1-5H3. The third-order valence-corrected chi connectivity index (χ3v) is 4.27. The molecule has 5 heteroatoms. The molecule has 0 aliphatic carbocycles. The molecule has 0 saturated carbocycles. The predicted octanol–water partition coefficient (Wildman–Crippen LogP) is 1.92. The Morgan fingerprint density at radius 3 is 2.52 bits per heavy atom. The number of hydrogen-bond acceptors (Lipinski definition) is 3. The van der Waals surface area contributed by atoms with Crippen molar-refractivity contribution < 1.29 is 0 Å². The molecule has 0 spiro atoms. The van der Waals surface area contributed by atoms with E-state index in [4.69, 9.17) is 0 Å². The Balaban J connectivity index is 2.03. The van der Waals surface area contributed by atoms with Gasteiger partial charge in [-0.05, 0) is 51.3 Å². The van der Waals surface area contributed by atoms with E-state index < -0.39 is 0 Å². The lowest BCUT2D eigenvalue weighted by Gasteiger charge is -2.18. The summed E-state index contributed by atoms with van der Waals surface area (Å²) in [6, 6.07) is 2.58. The van der Waals surface area contributed by atoms with Crippen molar-refractivity contribution in [2.75, 3.05) is 6.54 Å². The molecule has 21 heavy (non-hydrogen) atoms. The maximum Gasteiger partial charge on any atom is 0.0628 e. The van der Waals surface area contributed by atoms with Crippen molar-refractivity contribution in [2.45, 2.75) is 46.1 Å². The van der Waals surface area contributed by atoms with E-state index in [1.807, 2.05) is 29.7 Å². The van der Waals surface area contributed by atoms with E-state index in [9.17, 15) is 0 Å². The Labute approximate surface area is 127 Å². The van der Waals surface area contributed by atoms with Crippen molar-refractivity contribution in [2.24, 2.45) is 14.1 Å². The fourth-order valence-corrected chi connectivity index (χ4v) is 2.89. The normalized spacial score (nSPS) is 12.8. The minimum absolute atomic E-state index is 0.478. The maximum atomic E-state index is 4.52. The van der Waals surface area contributed by atoms with Gasteiger partial charge in [-0.3, -0.25) is 9.36 Å². The van der Waals surface area contributed by atoms with E-state index in [0.29, 0.717) is 6.04 Å². The van der Waals surface area contributed by atoms with Gasteiger partial charge >= 0.3 is 0 Å². The summed E-state index contributed by atoms with van der Waals surface area (Å²) in [5.74, 6) is 0. The van der Waals surface area contributed by atoms with Crippen LogP contribution in [0.2, 0.25) is 0 Å². The van der Waals surface area contributed by atoms with Crippen LogP contribution in [0.5, 0.6) is 0 Å². The van der Waals surface area contributed by atoms with E-state index in [-0.39, 0.29) is 0 Å². The zero-order chi connectivity index (χ0) is 15.4. The zero-order valence-electron chi connectivity index (χ0n) is 13.8. The molecule has 0 fully saturated rings. The van der Waals surface area contributed by atoms with E-state index in [0.717, 1.165) is 31.5 Å². The highest BCUT2D eigenvalue weighted by molar-refractivity contribution is 5.25. The van der Waals surface area contributed by atoms with Crippen LogP contribution in [0.25, 0.3) is 0 Å². The summed E-state index contributed by atoms with van der Waals surface area (Å²) in [4.78, 5) is 0. The van der Waals surface area contributed by atoms with Crippen molar-refractivity contribution in [1.82, 2.24) is 24.9 Å². The van der Waals surface area contributed by atoms with Crippen molar-refractivity contribution in [3.63, 3.8) is 0 Å². The highest BCUT2D eigenvalue weighted by atomic mass is 15.3. The van der Waals surface area contributed by atoms with Gasteiger partial charge in [0.1, 0.15) is 0 Å². The molecular weight excluding hydrogens is 262 g/mol.